The van der Waals surface area contributed by atoms with Crippen molar-refractivity contribution < 1.29 is 4.79 Å². The Labute approximate surface area is 181 Å². The number of hydrogen-bond acceptors (Lipinski definition) is 5. The summed E-state index contributed by atoms with van der Waals surface area (Å²) in [6.45, 7) is 1.24. The first kappa shape index (κ1) is 20.6. The fraction of sp³-hybridized carbons (Fsp3) is 0.348. The average molecular weight is 422 g/mol. The van der Waals surface area contributed by atoms with Crippen LogP contribution in [0.3, 0.4) is 0 Å². The largest absolute Gasteiger partial charge is 0.344 e. The van der Waals surface area contributed by atoms with E-state index in [0.29, 0.717) is 6.54 Å². The average Bonchev–Trinajstić information content (AvgIpc) is 3.38. The van der Waals surface area contributed by atoms with Crippen molar-refractivity contribution in [3.63, 3.8) is 0 Å². The van der Waals surface area contributed by atoms with Gasteiger partial charge in [-0.05, 0) is 36.8 Å². The number of thioether (sulfide) groups is 1. The second-order valence-corrected chi connectivity index (χ2v) is 8.33. The highest BCUT2D eigenvalue weighted by Crippen LogP contribution is 2.31. The van der Waals surface area contributed by atoms with Crippen molar-refractivity contribution in [3.05, 3.63) is 77.6 Å². The van der Waals surface area contributed by atoms with Crippen LogP contribution >= 0.6 is 11.8 Å². The number of likely N-dealkylation sites (tertiary alicyclic amines) is 1. The van der Waals surface area contributed by atoms with Crippen LogP contribution in [0.5, 0.6) is 0 Å². The number of carbonyl (C=O) groups excluding carboxylic acids is 1. The number of nitrogens with one attached hydrogen (secondary N) is 1. The number of carbonyl (C=O) groups is 1. The van der Waals surface area contributed by atoms with Crippen LogP contribution in [-0.4, -0.2) is 44.9 Å². The maximum absolute atomic E-state index is 13.1. The van der Waals surface area contributed by atoms with Gasteiger partial charge in [0.05, 0.1) is 18.6 Å². The molecule has 1 fully saturated rings. The van der Waals surface area contributed by atoms with Gasteiger partial charge in [0, 0.05) is 7.05 Å². The van der Waals surface area contributed by atoms with Crippen molar-refractivity contribution in [2.75, 3.05) is 19.3 Å². The van der Waals surface area contributed by atoms with Gasteiger partial charge in [0.15, 0.2) is 11.0 Å². The molecule has 4 rings (SSSR count). The summed E-state index contributed by atoms with van der Waals surface area (Å²) in [6.07, 6.45) is 4.05. The highest BCUT2D eigenvalue weighted by Gasteiger charge is 2.32. The molecule has 0 radical (unpaired) electrons. The van der Waals surface area contributed by atoms with Gasteiger partial charge in [0.2, 0.25) is 5.91 Å². The normalized spacial score (nSPS) is 16.8. The molecule has 1 amide bonds. The van der Waals surface area contributed by atoms with Crippen molar-refractivity contribution in [2.45, 2.75) is 30.1 Å². The molecule has 7 heteroatoms. The summed E-state index contributed by atoms with van der Waals surface area (Å²) in [4.78, 5) is 15.3. The lowest BCUT2D eigenvalue weighted by Crippen LogP contribution is -2.39. The van der Waals surface area contributed by atoms with Crippen molar-refractivity contribution in [1.29, 1.82) is 0 Å². The van der Waals surface area contributed by atoms with E-state index in [1.54, 1.807) is 11.8 Å². The molecular formula is C23H27N5OS. The Morgan fingerprint density at radius 1 is 1.10 bits per heavy atom. The summed E-state index contributed by atoms with van der Waals surface area (Å²) < 4.78 is 2.04. The van der Waals surface area contributed by atoms with Crippen LogP contribution in [-0.2, 0) is 11.8 Å². The molecule has 3 aromatic rings. The third kappa shape index (κ3) is 4.42. The van der Waals surface area contributed by atoms with E-state index < -0.39 is 0 Å². The number of aromatic nitrogens is 3. The number of hydrogen-bond donors (Lipinski definition) is 1. The minimum atomic E-state index is -0.168. The van der Waals surface area contributed by atoms with Gasteiger partial charge in [-0.25, -0.2) is 0 Å². The number of amides is 1. The van der Waals surface area contributed by atoms with Crippen LogP contribution in [0.1, 0.15) is 41.9 Å². The second-order valence-electron chi connectivity index (χ2n) is 7.55. The van der Waals surface area contributed by atoms with Crippen molar-refractivity contribution in [2.24, 2.45) is 7.05 Å². The summed E-state index contributed by atoms with van der Waals surface area (Å²) in [6, 6.07) is 20.2. The molecule has 2 aromatic carbocycles. The molecule has 156 valence electrons. The Kier molecular flexibility index (Phi) is 6.50. The van der Waals surface area contributed by atoms with Crippen molar-refractivity contribution >= 4 is 17.7 Å². The third-order valence-corrected chi connectivity index (χ3v) is 6.35. The molecule has 30 heavy (non-hydrogen) atoms. The van der Waals surface area contributed by atoms with E-state index in [1.807, 2.05) is 54.3 Å². The van der Waals surface area contributed by atoms with Gasteiger partial charge in [0.1, 0.15) is 0 Å². The summed E-state index contributed by atoms with van der Waals surface area (Å²) >= 11 is 1.59. The first-order valence-corrected chi connectivity index (χ1v) is 11.5. The molecule has 1 atom stereocenters. The highest BCUT2D eigenvalue weighted by atomic mass is 32.2. The Morgan fingerprint density at radius 2 is 1.73 bits per heavy atom. The van der Waals surface area contributed by atoms with Crippen LogP contribution in [0.4, 0.5) is 0 Å². The Bertz CT molecular complexity index is 936. The first-order valence-electron chi connectivity index (χ1n) is 10.2. The molecule has 0 bridgehead atoms. The molecule has 1 aliphatic rings. The fourth-order valence-electron chi connectivity index (χ4n) is 4.14. The SMILES string of the molecule is CSc1nnc(C2CCCN2CC(=O)NC(c2ccccc2)c2ccccc2)n1C. The number of rotatable bonds is 7. The van der Waals surface area contributed by atoms with Gasteiger partial charge >= 0.3 is 0 Å². The molecule has 6 nitrogen and oxygen atoms in total. The van der Waals surface area contributed by atoms with Crippen molar-refractivity contribution in [1.82, 2.24) is 25.0 Å². The molecule has 0 spiro atoms. The lowest BCUT2D eigenvalue weighted by atomic mass is 9.99. The zero-order valence-electron chi connectivity index (χ0n) is 17.4. The Morgan fingerprint density at radius 3 is 2.30 bits per heavy atom. The van der Waals surface area contributed by atoms with Crippen molar-refractivity contribution in [3.8, 4) is 0 Å². The molecule has 1 aromatic heterocycles. The van der Waals surface area contributed by atoms with E-state index in [0.717, 1.165) is 41.5 Å². The predicted molar refractivity (Wildman–Crippen MR) is 119 cm³/mol. The van der Waals surface area contributed by atoms with E-state index in [2.05, 4.69) is 44.7 Å². The number of benzene rings is 2. The summed E-state index contributed by atoms with van der Waals surface area (Å²) in [7, 11) is 2.00. The molecule has 1 saturated heterocycles. The van der Waals surface area contributed by atoms with Gasteiger partial charge in [-0.2, -0.15) is 0 Å². The molecule has 1 aliphatic heterocycles. The zero-order valence-corrected chi connectivity index (χ0v) is 18.2. The topological polar surface area (TPSA) is 63.1 Å². The number of nitrogens with zero attached hydrogens (tertiary/aromatic N) is 4. The van der Waals surface area contributed by atoms with Gasteiger partial charge in [-0.1, -0.05) is 72.4 Å². The predicted octanol–water partition coefficient (Wildman–Crippen LogP) is 3.58. The minimum Gasteiger partial charge on any atom is -0.344 e. The zero-order chi connectivity index (χ0) is 20.9. The lowest BCUT2D eigenvalue weighted by molar-refractivity contribution is -0.123. The van der Waals surface area contributed by atoms with E-state index in [-0.39, 0.29) is 18.0 Å². The maximum Gasteiger partial charge on any atom is 0.234 e. The quantitative estimate of drug-likeness (QED) is 0.591. The van der Waals surface area contributed by atoms with Crippen LogP contribution < -0.4 is 5.32 Å². The van der Waals surface area contributed by atoms with Crippen LogP contribution in [0, 0.1) is 0 Å². The highest BCUT2D eigenvalue weighted by molar-refractivity contribution is 7.98. The molecule has 0 saturated carbocycles. The van der Waals surface area contributed by atoms with Crippen LogP contribution in [0.2, 0.25) is 0 Å². The van der Waals surface area contributed by atoms with Crippen LogP contribution in [0.15, 0.2) is 65.8 Å². The minimum absolute atomic E-state index is 0.0202. The van der Waals surface area contributed by atoms with Gasteiger partial charge in [-0.3, -0.25) is 9.69 Å². The van der Waals surface area contributed by atoms with E-state index >= 15 is 0 Å². The van der Waals surface area contributed by atoms with E-state index in [4.69, 9.17) is 0 Å². The summed E-state index contributed by atoms with van der Waals surface area (Å²) in [5, 5.41) is 12.8. The third-order valence-electron chi connectivity index (χ3n) is 5.63. The Balaban J connectivity index is 1.50. The molecular weight excluding hydrogens is 394 g/mol. The summed E-state index contributed by atoms with van der Waals surface area (Å²) in [5.41, 5.74) is 2.15. The Hall–Kier alpha value is -2.64. The van der Waals surface area contributed by atoms with Gasteiger partial charge < -0.3 is 9.88 Å². The molecule has 0 aliphatic carbocycles. The maximum atomic E-state index is 13.1. The molecule has 1 unspecified atom stereocenters. The first-order chi connectivity index (χ1) is 14.7. The fourth-order valence-corrected chi connectivity index (χ4v) is 4.63. The standard InChI is InChI=1S/C23H27N5OS/c1-27-22(25-26-23(27)30-2)19-14-9-15-28(19)16-20(29)24-21(17-10-5-3-6-11-17)18-12-7-4-8-13-18/h3-8,10-13,19,21H,9,14-16H2,1-2H3,(H,24,29). The lowest BCUT2D eigenvalue weighted by Gasteiger charge is -2.25. The smallest absolute Gasteiger partial charge is 0.234 e. The van der Waals surface area contributed by atoms with Gasteiger partial charge in [-0.15, -0.1) is 10.2 Å². The van der Waals surface area contributed by atoms with E-state index in [1.165, 1.54) is 0 Å². The monoisotopic (exact) mass is 421 g/mol. The van der Waals surface area contributed by atoms with Crippen LogP contribution in [0.25, 0.3) is 0 Å². The summed E-state index contributed by atoms with van der Waals surface area (Å²) in [5.74, 6) is 0.958. The van der Waals surface area contributed by atoms with E-state index in [9.17, 15) is 4.79 Å². The van der Waals surface area contributed by atoms with Gasteiger partial charge in [0.25, 0.3) is 0 Å². The molecule has 2 heterocycles. The molecule has 1 N–H and O–H groups in total. The second kappa shape index (κ2) is 9.45.